The van der Waals surface area contributed by atoms with Crippen LogP contribution in [-0.4, -0.2) is 85.1 Å². The fourth-order valence-corrected chi connectivity index (χ4v) is 5.71. The van der Waals surface area contributed by atoms with Crippen LogP contribution in [0.5, 0.6) is 11.5 Å². The first-order valence-electron chi connectivity index (χ1n) is 16.4. The number of rotatable bonds is 9. The maximum absolute atomic E-state index is 14.3. The van der Waals surface area contributed by atoms with E-state index in [-0.39, 0.29) is 50.0 Å². The smallest absolute Gasteiger partial charge is 0.408 e. The quantitative estimate of drug-likeness (QED) is 0.254. The van der Waals surface area contributed by atoms with Crippen LogP contribution in [0.25, 0.3) is 10.9 Å². The van der Waals surface area contributed by atoms with Crippen molar-refractivity contribution in [2.75, 3.05) is 62.2 Å². The first kappa shape index (κ1) is 36.4. The molecule has 2 N–H and O–H groups in total. The number of hydrogen-bond acceptors (Lipinski definition) is 9. The molecule has 0 spiro atoms. The second-order valence-electron chi connectivity index (χ2n) is 12.8. The van der Waals surface area contributed by atoms with Gasteiger partial charge in [0.15, 0.2) is 5.82 Å². The van der Waals surface area contributed by atoms with E-state index >= 15 is 0 Å². The van der Waals surface area contributed by atoms with Crippen LogP contribution >= 0.6 is 0 Å². The highest BCUT2D eigenvalue weighted by molar-refractivity contribution is 6.03. The number of anilines is 2. The van der Waals surface area contributed by atoms with Crippen LogP contribution in [0.3, 0.4) is 0 Å². The lowest BCUT2D eigenvalue weighted by atomic mass is 10.1. The number of nitrogens with zero attached hydrogens (tertiary/aromatic N) is 5. The van der Waals surface area contributed by atoms with Crippen molar-refractivity contribution in [3.8, 4) is 11.5 Å². The van der Waals surface area contributed by atoms with Crippen LogP contribution in [0.1, 0.15) is 39.6 Å². The van der Waals surface area contributed by atoms with Gasteiger partial charge in [0.2, 0.25) is 5.91 Å². The average molecular weight is 704 g/mol. The van der Waals surface area contributed by atoms with Crippen molar-refractivity contribution < 1.29 is 33.0 Å². The molecule has 5 rings (SSSR count). The molecule has 0 aliphatic carbocycles. The van der Waals surface area contributed by atoms with Gasteiger partial charge >= 0.3 is 12.1 Å². The predicted molar refractivity (Wildman–Crippen MR) is 191 cm³/mol. The highest BCUT2D eigenvalue weighted by Crippen LogP contribution is 2.37. The molecule has 51 heavy (non-hydrogen) atoms. The lowest BCUT2D eigenvalue weighted by Crippen LogP contribution is -2.58. The van der Waals surface area contributed by atoms with Crippen molar-refractivity contribution in [2.24, 2.45) is 0 Å². The molecule has 15 heteroatoms. The number of carbonyl (C=O) groups excluding carboxylic acids is 3. The van der Waals surface area contributed by atoms with E-state index < -0.39 is 29.6 Å². The third-order valence-electron chi connectivity index (χ3n) is 8.17. The van der Waals surface area contributed by atoms with Crippen molar-refractivity contribution in [3.63, 3.8) is 0 Å². The number of alkyl carbamates (subject to hydrolysis) is 1. The van der Waals surface area contributed by atoms with Crippen molar-refractivity contribution in [1.29, 1.82) is 0 Å². The maximum Gasteiger partial charge on any atom is 0.408 e. The highest BCUT2D eigenvalue weighted by atomic mass is 19.1. The second kappa shape index (κ2) is 15.4. The minimum Gasteiger partial charge on any atom is -0.497 e. The average Bonchev–Trinajstić information content (AvgIpc) is 3.11. The monoisotopic (exact) mass is 703 g/mol. The normalized spacial score (nSPS) is 13.7. The molecule has 1 saturated heterocycles. The van der Waals surface area contributed by atoms with Gasteiger partial charge in [0.25, 0.3) is 5.56 Å². The van der Waals surface area contributed by atoms with Crippen LogP contribution in [-0.2, 0) is 9.53 Å². The van der Waals surface area contributed by atoms with Crippen molar-refractivity contribution in [2.45, 2.75) is 39.3 Å². The molecule has 4 amide bonds. The number of carbonyl (C=O) groups is 3. The van der Waals surface area contributed by atoms with E-state index in [9.17, 15) is 23.6 Å². The number of aromatic nitrogens is 2. The first-order valence-corrected chi connectivity index (χ1v) is 16.4. The minimum atomic E-state index is -0.886. The molecule has 1 unspecified atom stereocenters. The molecule has 1 aromatic heterocycles. The number of piperazine rings is 1. The summed E-state index contributed by atoms with van der Waals surface area (Å²) in [5.74, 6) is 0.305. The first-order chi connectivity index (χ1) is 24.3. The molecule has 2 heterocycles. The number of fused-ring (bicyclic) bond motifs is 1. The highest BCUT2D eigenvalue weighted by Gasteiger charge is 2.33. The maximum atomic E-state index is 14.3. The summed E-state index contributed by atoms with van der Waals surface area (Å²) in [4.78, 5) is 61.5. The number of amides is 4. The van der Waals surface area contributed by atoms with E-state index in [1.54, 1.807) is 80.1 Å². The Labute approximate surface area is 294 Å². The zero-order valence-electron chi connectivity index (χ0n) is 29.4. The van der Waals surface area contributed by atoms with E-state index in [2.05, 4.69) is 10.6 Å². The molecule has 0 radical (unpaired) electrons. The number of urea groups is 1. The summed E-state index contributed by atoms with van der Waals surface area (Å²) < 4.78 is 31.5. The number of methoxy groups -OCH3 is 2. The van der Waals surface area contributed by atoms with Crippen molar-refractivity contribution >= 4 is 40.3 Å². The van der Waals surface area contributed by atoms with Crippen LogP contribution in [0.4, 0.5) is 25.4 Å². The van der Waals surface area contributed by atoms with Crippen LogP contribution in [0.2, 0.25) is 0 Å². The van der Waals surface area contributed by atoms with Crippen LogP contribution < -0.4 is 35.6 Å². The van der Waals surface area contributed by atoms with Gasteiger partial charge in [-0.2, -0.15) is 0 Å². The summed E-state index contributed by atoms with van der Waals surface area (Å²) in [5.41, 5.74) is 0.0755. The van der Waals surface area contributed by atoms with E-state index in [4.69, 9.17) is 19.2 Å². The fraction of sp³-hybridized carbons (Fsp3) is 0.361. The van der Waals surface area contributed by atoms with Gasteiger partial charge < -0.3 is 34.8 Å². The van der Waals surface area contributed by atoms with Gasteiger partial charge in [0, 0.05) is 24.8 Å². The van der Waals surface area contributed by atoms with E-state index in [0.717, 1.165) is 0 Å². The van der Waals surface area contributed by atoms with Crippen molar-refractivity contribution in [1.82, 2.24) is 19.9 Å². The summed E-state index contributed by atoms with van der Waals surface area (Å²) in [7, 11) is 2.98. The minimum absolute atomic E-state index is 0.240. The second-order valence-corrected chi connectivity index (χ2v) is 12.8. The molecule has 4 aromatic rings. The zero-order chi connectivity index (χ0) is 36.9. The van der Waals surface area contributed by atoms with Gasteiger partial charge in [-0.15, -0.1) is 0 Å². The Balaban J connectivity index is 1.50. The lowest BCUT2D eigenvalue weighted by molar-refractivity contribution is -0.130. The summed E-state index contributed by atoms with van der Waals surface area (Å²) in [6.45, 7) is 7.72. The van der Waals surface area contributed by atoms with Crippen molar-refractivity contribution in [3.05, 3.63) is 88.7 Å². The Bertz CT molecular complexity index is 1950. The summed E-state index contributed by atoms with van der Waals surface area (Å²) in [5, 5.41) is 7.48. The molecule has 0 saturated carbocycles. The van der Waals surface area contributed by atoms with Gasteiger partial charge in [-0.05, 0) is 76.2 Å². The van der Waals surface area contributed by atoms with E-state index in [1.165, 1.54) is 48.1 Å². The van der Waals surface area contributed by atoms with Gasteiger partial charge in [-0.3, -0.25) is 14.5 Å². The molecule has 3 aromatic carbocycles. The molecule has 0 bridgehead atoms. The molecule has 270 valence electrons. The van der Waals surface area contributed by atoms with Crippen LogP contribution in [0.15, 0.2) is 71.5 Å². The third kappa shape index (κ3) is 8.48. The zero-order valence-corrected chi connectivity index (χ0v) is 29.4. The van der Waals surface area contributed by atoms with Gasteiger partial charge in [0.1, 0.15) is 29.5 Å². The number of ether oxygens (including phenoxy) is 3. The van der Waals surface area contributed by atoms with Gasteiger partial charge in [-0.1, -0.05) is 12.1 Å². The third-order valence-corrected chi connectivity index (χ3v) is 8.17. The Morgan fingerprint density at radius 2 is 1.65 bits per heavy atom. The number of nitrogens with one attached hydrogen (secondary N) is 2. The molecular weight excluding hydrogens is 661 g/mol. The number of para-hydroxylation sites is 1. The Morgan fingerprint density at radius 1 is 0.961 bits per heavy atom. The number of halogens is 1. The van der Waals surface area contributed by atoms with Gasteiger partial charge in [-0.25, -0.2) is 23.6 Å². The lowest BCUT2D eigenvalue weighted by Gasteiger charge is -2.39. The van der Waals surface area contributed by atoms with Crippen LogP contribution in [0, 0.1) is 5.82 Å². The molecule has 1 fully saturated rings. The molecule has 14 nitrogen and oxygen atoms in total. The van der Waals surface area contributed by atoms with E-state index in [1.807, 2.05) is 0 Å². The fourth-order valence-electron chi connectivity index (χ4n) is 5.71. The SMILES string of the molecule is COc1ccc(N(C(=O)Nc2ccc(F)cc2)C(C)c2nc3ccccc3c(=O)n2N2CCN(C(=O)CNC(=O)OC(C)(C)C)CC2)c(OC)c1. The van der Waals surface area contributed by atoms with E-state index in [0.29, 0.717) is 33.8 Å². The number of benzene rings is 3. The molecule has 1 aliphatic heterocycles. The molecule has 1 aliphatic rings. The molecule has 1 atom stereocenters. The topological polar surface area (TPSA) is 148 Å². The predicted octanol–water partition coefficient (Wildman–Crippen LogP) is 4.66. The summed E-state index contributed by atoms with van der Waals surface area (Å²) in [6.07, 6.45) is -0.691. The summed E-state index contributed by atoms with van der Waals surface area (Å²) in [6, 6.07) is 15.8. The summed E-state index contributed by atoms with van der Waals surface area (Å²) >= 11 is 0. The largest absolute Gasteiger partial charge is 0.497 e. The van der Waals surface area contributed by atoms with Gasteiger partial charge in [0.05, 0.1) is 49.9 Å². The molecular formula is C36H42FN7O7. The Kier molecular flexibility index (Phi) is 11.0. The Morgan fingerprint density at radius 3 is 2.29 bits per heavy atom. The standard InChI is InChI=1S/C36H42FN7O7/c1-23(43(29-16-15-26(49-5)21-30(29)50-6)34(47)39-25-13-11-24(37)12-14-25)32-40-28-10-8-7-9-27(28)33(46)44(32)42-19-17-41(18-20-42)31(45)22-38-35(48)51-36(2,3)4/h7-16,21,23H,17-20,22H2,1-6H3,(H,38,48)(H,39,47). The Hall–Kier alpha value is -5.86. The number of hydrogen-bond donors (Lipinski definition) is 2.